The Morgan fingerprint density at radius 1 is 0.850 bits per heavy atom. The van der Waals surface area contributed by atoms with Gasteiger partial charge in [0, 0.05) is 11.4 Å². The molecule has 20 heavy (non-hydrogen) atoms. The second-order valence-electron chi connectivity index (χ2n) is 4.46. The molecule has 0 radical (unpaired) electrons. The van der Waals surface area contributed by atoms with Gasteiger partial charge in [0.2, 0.25) is 0 Å². The average Bonchev–Trinajstić information content (AvgIpc) is 2.65. The van der Waals surface area contributed by atoms with Gasteiger partial charge >= 0.3 is 0 Å². The molecule has 0 aromatic heterocycles. The van der Waals surface area contributed by atoms with Crippen LogP contribution in [0.4, 0.5) is 21.5 Å². The second kappa shape index (κ2) is 4.06. The highest BCUT2D eigenvalue weighted by Crippen LogP contribution is 2.32. The number of carbonyl (C=O) groups excluding carboxylic acids is 2. The zero-order valence-corrected chi connectivity index (χ0v) is 10.3. The summed E-state index contributed by atoms with van der Waals surface area (Å²) in [6.45, 7) is 0. The number of halogens is 1. The summed E-state index contributed by atoms with van der Waals surface area (Å²) in [7, 11) is 0. The van der Waals surface area contributed by atoms with E-state index in [4.69, 9.17) is 11.5 Å². The van der Waals surface area contributed by atoms with Crippen LogP contribution in [0, 0.1) is 5.82 Å². The normalized spacial score (nSPS) is 13.8. The summed E-state index contributed by atoms with van der Waals surface area (Å²) in [5.74, 6) is -1.89. The van der Waals surface area contributed by atoms with Crippen LogP contribution in [0.25, 0.3) is 0 Å². The first-order valence-electron chi connectivity index (χ1n) is 5.82. The lowest BCUT2D eigenvalue weighted by Crippen LogP contribution is -2.30. The lowest BCUT2D eigenvalue weighted by atomic mass is 10.1. The molecule has 1 aliphatic heterocycles. The molecule has 0 saturated carbocycles. The van der Waals surface area contributed by atoms with Crippen molar-refractivity contribution in [2.24, 2.45) is 0 Å². The highest BCUT2D eigenvalue weighted by Gasteiger charge is 2.38. The Morgan fingerprint density at radius 2 is 1.45 bits per heavy atom. The third-order valence-corrected chi connectivity index (χ3v) is 3.12. The van der Waals surface area contributed by atoms with Gasteiger partial charge in [-0.2, -0.15) is 0 Å². The maximum absolute atomic E-state index is 13.8. The fraction of sp³-hybridized carbons (Fsp3) is 0. The molecule has 1 aliphatic rings. The first-order chi connectivity index (χ1) is 9.49. The number of amides is 2. The maximum atomic E-state index is 13.8. The molecule has 5 nitrogen and oxygen atoms in total. The van der Waals surface area contributed by atoms with Gasteiger partial charge in [0.1, 0.15) is 5.82 Å². The molecule has 0 saturated heterocycles. The van der Waals surface area contributed by atoms with Gasteiger partial charge in [0.25, 0.3) is 11.8 Å². The molecule has 100 valence electrons. The number of hydrogen-bond acceptors (Lipinski definition) is 4. The van der Waals surface area contributed by atoms with Crippen LogP contribution in [0.1, 0.15) is 20.7 Å². The molecule has 3 rings (SSSR count). The Balaban J connectivity index is 2.16. The molecule has 2 amide bonds. The van der Waals surface area contributed by atoms with E-state index in [0.717, 1.165) is 11.0 Å². The Bertz CT molecular complexity index is 758. The Labute approximate surface area is 113 Å². The number of anilines is 3. The van der Waals surface area contributed by atoms with Gasteiger partial charge in [0.05, 0.1) is 16.8 Å². The van der Waals surface area contributed by atoms with Gasteiger partial charge in [0.15, 0.2) is 0 Å². The van der Waals surface area contributed by atoms with Crippen molar-refractivity contribution < 1.29 is 14.0 Å². The van der Waals surface area contributed by atoms with Crippen molar-refractivity contribution in [1.29, 1.82) is 0 Å². The predicted molar refractivity (Wildman–Crippen MR) is 72.8 cm³/mol. The predicted octanol–water partition coefficient (Wildman–Crippen LogP) is 1.79. The van der Waals surface area contributed by atoms with E-state index in [1.165, 1.54) is 30.3 Å². The average molecular weight is 271 g/mol. The van der Waals surface area contributed by atoms with Crippen molar-refractivity contribution >= 4 is 28.9 Å². The highest BCUT2D eigenvalue weighted by atomic mass is 19.1. The van der Waals surface area contributed by atoms with E-state index in [1.807, 2.05) is 0 Å². The molecule has 0 atom stereocenters. The van der Waals surface area contributed by atoms with Crippen LogP contribution in [0.3, 0.4) is 0 Å². The zero-order chi connectivity index (χ0) is 14.4. The van der Waals surface area contributed by atoms with Crippen molar-refractivity contribution in [3.05, 3.63) is 53.3 Å². The van der Waals surface area contributed by atoms with Crippen molar-refractivity contribution in [2.45, 2.75) is 0 Å². The maximum Gasteiger partial charge on any atom is 0.266 e. The third kappa shape index (κ3) is 1.62. The molecule has 0 bridgehead atoms. The first-order valence-corrected chi connectivity index (χ1v) is 5.82. The number of nitrogen functional groups attached to an aromatic ring is 2. The van der Waals surface area contributed by atoms with Crippen LogP contribution in [-0.2, 0) is 0 Å². The summed E-state index contributed by atoms with van der Waals surface area (Å²) < 4.78 is 13.8. The number of benzene rings is 2. The number of carbonyl (C=O) groups is 2. The molecule has 6 heteroatoms. The second-order valence-corrected chi connectivity index (χ2v) is 4.46. The van der Waals surface area contributed by atoms with Gasteiger partial charge in [-0.05, 0) is 36.4 Å². The molecular formula is C14H10FN3O2. The smallest absolute Gasteiger partial charge is 0.266 e. The van der Waals surface area contributed by atoms with Crippen LogP contribution >= 0.6 is 0 Å². The third-order valence-electron chi connectivity index (χ3n) is 3.12. The van der Waals surface area contributed by atoms with Crippen molar-refractivity contribution in [3.8, 4) is 0 Å². The number of fused-ring (bicyclic) bond motifs is 1. The van der Waals surface area contributed by atoms with Crippen molar-refractivity contribution in [3.63, 3.8) is 0 Å². The molecule has 0 aliphatic carbocycles. The number of nitrogens with zero attached hydrogens (tertiary/aromatic N) is 1. The first kappa shape index (κ1) is 12.2. The fourth-order valence-corrected chi connectivity index (χ4v) is 2.18. The van der Waals surface area contributed by atoms with Crippen LogP contribution in [-0.4, -0.2) is 11.8 Å². The minimum atomic E-state index is -0.693. The number of nitrogens with two attached hydrogens (primary N) is 2. The molecule has 2 aromatic rings. The van der Waals surface area contributed by atoms with E-state index < -0.39 is 17.6 Å². The summed E-state index contributed by atoms with van der Waals surface area (Å²) >= 11 is 0. The van der Waals surface area contributed by atoms with E-state index in [2.05, 4.69) is 0 Å². The van der Waals surface area contributed by atoms with Gasteiger partial charge < -0.3 is 11.5 Å². The van der Waals surface area contributed by atoms with Crippen LogP contribution in [0.2, 0.25) is 0 Å². The van der Waals surface area contributed by atoms with E-state index >= 15 is 0 Å². The Kier molecular flexibility index (Phi) is 2.47. The molecule has 0 unspecified atom stereocenters. The monoisotopic (exact) mass is 271 g/mol. The van der Waals surface area contributed by atoms with Gasteiger partial charge in [-0.3, -0.25) is 9.59 Å². The zero-order valence-electron chi connectivity index (χ0n) is 10.3. The Morgan fingerprint density at radius 3 is 2.20 bits per heavy atom. The standard InChI is InChI=1S/C14H10FN3O2/c15-11-4-2-8(17)6-12(11)18-13(19)9-3-1-7(16)5-10(9)14(18)20/h1-6H,16-17H2. The van der Waals surface area contributed by atoms with Gasteiger partial charge in [-0.25, -0.2) is 9.29 Å². The number of imide groups is 1. The molecular weight excluding hydrogens is 261 g/mol. The number of hydrogen-bond donors (Lipinski definition) is 2. The van der Waals surface area contributed by atoms with E-state index in [0.29, 0.717) is 5.69 Å². The molecule has 0 spiro atoms. The fourth-order valence-electron chi connectivity index (χ4n) is 2.18. The molecule has 4 N–H and O–H groups in total. The quantitative estimate of drug-likeness (QED) is 0.611. The van der Waals surface area contributed by atoms with Crippen LogP contribution in [0.5, 0.6) is 0 Å². The lowest BCUT2D eigenvalue weighted by molar-refractivity contribution is 0.0925. The topological polar surface area (TPSA) is 89.4 Å². The number of rotatable bonds is 1. The van der Waals surface area contributed by atoms with E-state index in [-0.39, 0.29) is 22.5 Å². The minimum absolute atomic E-state index is 0.158. The van der Waals surface area contributed by atoms with Crippen LogP contribution in [0.15, 0.2) is 36.4 Å². The summed E-state index contributed by atoms with van der Waals surface area (Å²) in [5.41, 5.74) is 12.0. The van der Waals surface area contributed by atoms with E-state index in [9.17, 15) is 14.0 Å². The molecule has 0 fully saturated rings. The largest absolute Gasteiger partial charge is 0.399 e. The summed E-state index contributed by atoms with van der Waals surface area (Å²) in [5, 5.41) is 0. The molecule has 1 heterocycles. The molecule has 2 aromatic carbocycles. The van der Waals surface area contributed by atoms with Crippen molar-refractivity contribution in [2.75, 3.05) is 16.4 Å². The van der Waals surface area contributed by atoms with Gasteiger partial charge in [-0.15, -0.1) is 0 Å². The highest BCUT2D eigenvalue weighted by molar-refractivity contribution is 6.34. The summed E-state index contributed by atoms with van der Waals surface area (Å²) in [4.78, 5) is 25.3. The van der Waals surface area contributed by atoms with Crippen molar-refractivity contribution in [1.82, 2.24) is 0 Å². The summed E-state index contributed by atoms with van der Waals surface area (Å²) in [6.07, 6.45) is 0. The SMILES string of the molecule is Nc1ccc2c(c1)C(=O)N(c1cc(N)ccc1F)C2=O. The lowest BCUT2D eigenvalue weighted by Gasteiger charge is -2.15. The Hall–Kier alpha value is -2.89. The van der Waals surface area contributed by atoms with Gasteiger partial charge in [-0.1, -0.05) is 0 Å². The van der Waals surface area contributed by atoms with Crippen LogP contribution < -0.4 is 16.4 Å². The summed E-state index contributed by atoms with van der Waals surface area (Å²) in [6, 6.07) is 8.09. The van der Waals surface area contributed by atoms with E-state index in [1.54, 1.807) is 0 Å². The minimum Gasteiger partial charge on any atom is -0.399 e.